The average Bonchev–Trinajstić information content (AvgIpc) is 2.60. The van der Waals surface area contributed by atoms with Crippen molar-refractivity contribution in [2.24, 2.45) is 11.3 Å². The third kappa shape index (κ3) is 2.90. The summed E-state index contributed by atoms with van der Waals surface area (Å²) in [6.45, 7) is 10.7. The topological polar surface area (TPSA) is 29.5 Å². The highest BCUT2D eigenvalue weighted by molar-refractivity contribution is 5.14. The molecule has 0 saturated heterocycles. The number of ether oxygens (including phenoxy) is 1. The van der Waals surface area contributed by atoms with Crippen molar-refractivity contribution in [3.8, 4) is 0 Å². The van der Waals surface area contributed by atoms with Crippen molar-refractivity contribution in [3.05, 3.63) is 48.0 Å². The van der Waals surface area contributed by atoms with Crippen molar-refractivity contribution in [2.45, 2.75) is 46.0 Å². The van der Waals surface area contributed by atoms with Crippen molar-refractivity contribution in [3.63, 3.8) is 0 Å². The molecule has 104 valence electrons. The first-order valence-corrected chi connectivity index (χ1v) is 6.92. The Morgan fingerprint density at radius 1 is 1.37 bits per heavy atom. The Morgan fingerprint density at radius 2 is 2.00 bits per heavy atom. The molecule has 1 aromatic rings. The third-order valence-electron chi connectivity index (χ3n) is 4.37. The van der Waals surface area contributed by atoms with Gasteiger partial charge in [-0.2, -0.15) is 0 Å². The van der Waals surface area contributed by atoms with Gasteiger partial charge in [-0.3, -0.25) is 0 Å². The van der Waals surface area contributed by atoms with Crippen LogP contribution in [0.15, 0.2) is 42.5 Å². The monoisotopic (exact) mass is 260 g/mol. The van der Waals surface area contributed by atoms with E-state index in [0.29, 0.717) is 6.61 Å². The average molecular weight is 260 g/mol. The Hall–Kier alpha value is -1.12. The maximum absolute atomic E-state index is 10.4. The van der Waals surface area contributed by atoms with Gasteiger partial charge in [-0.15, -0.1) is 0 Å². The number of rotatable bonds is 4. The molecule has 2 nitrogen and oxygen atoms in total. The summed E-state index contributed by atoms with van der Waals surface area (Å²) in [7, 11) is 0. The number of aliphatic hydroxyl groups excluding tert-OH is 1. The van der Waals surface area contributed by atoms with Crippen LogP contribution in [-0.2, 0) is 11.3 Å². The largest absolute Gasteiger partial charge is 0.392 e. The summed E-state index contributed by atoms with van der Waals surface area (Å²) in [6.07, 6.45) is 0.561. The van der Waals surface area contributed by atoms with E-state index in [1.54, 1.807) is 0 Å². The van der Waals surface area contributed by atoms with Gasteiger partial charge >= 0.3 is 0 Å². The van der Waals surface area contributed by atoms with Gasteiger partial charge in [-0.25, -0.2) is 0 Å². The van der Waals surface area contributed by atoms with Gasteiger partial charge in [0.2, 0.25) is 0 Å². The van der Waals surface area contributed by atoms with Gasteiger partial charge in [0, 0.05) is 11.3 Å². The SMILES string of the molecule is C=C(C)[C@@H]1C[C@H](OCc2ccccc2)C(C)(C)[C@@H]1O. The minimum absolute atomic E-state index is 0.0735. The lowest BCUT2D eigenvalue weighted by Gasteiger charge is -2.30. The molecule has 1 aromatic carbocycles. The number of hydrogen-bond acceptors (Lipinski definition) is 2. The maximum atomic E-state index is 10.4. The van der Waals surface area contributed by atoms with Crippen LogP contribution in [0.3, 0.4) is 0 Å². The van der Waals surface area contributed by atoms with Gasteiger partial charge < -0.3 is 9.84 Å². The molecule has 0 heterocycles. The minimum Gasteiger partial charge on any atom is -0.392 e. The summed E-state index contributed by atoms with van der Waals surface area (Å²) in [6, 6.07) is 10.2. The zero-order chi connectivity index (χ0) is 14.0. The van der Waals surface area contributed by atoms with Gasteiger partial charge in [-0.1, -0.05) is 56.3 Å². The second-order valence-electron chi connectivity index (χ2n) is 6.24. The molecule has 0 aliphatic heterocycles. The maximum Gasteiger partial charge on any atom is 0.0720 e. The molecular formula is C17H24O2. The molecule has 0 amide bonds. The molecule has 19 heavy (non-hydrogen) atoms. The molecule has 0 bridgehead atoms. The van der Waals surface area contributed by atoms with Crippen LogP contribution in [0.1, 0.15) is 32.8 Å². The van der Waals surface area contributed by atoms with Gasteiger partial charge in [0.15, 0.2) is 0 Å². The molecule has 1 aliphatic rings. The van der Waals surface area contributed by atoms with Gasteiger partial charge in [0.1, 0.15) is 0 Å². The first kappa shape index (κ1) is 14.3. The predicted molar refractivity (Wildman–Crippen MR) is 77.7 cm³/mol. The van der Waals surface area contributed by atoms with Crippen LogP contribution in [0, 0.1) is 11.3 Å². The molecule has 1 fully saturated rings. The first-order valence-electron chi connectivity index (χ1n) is 6.92. The lowest BCUT2D eigenvalue weighted by molar-refractivity contribution is -0.0530. The zero-order valence-electron chi connectivity index (χ0n) is 12.1. The van der Waals surface area contributed by atoms with Gasteiger partial charge in [0.05, 0.1) is 18.8 Å². The number of benzene rings is 1. The molecule has 0 radical (unpaired) electrons. The van der Waals surface area contributed by atoms with Gasteiger partial charge in [0.25, 0.3) is 0 Å². The number of aliphatic hydroxyl groups is 1. The highest BCUT2D eigenvalue weighted by Crippen LogP contribution is 2.45. The van der Waals surface area contributed by atoms with Crippen LogP contribution in [0.2, 0.25) is 0 Å². The lowest BCUT2D eigenvalue weighted by atomic mass is 9.84. The quantitative estimate of drug-likeness (QED) is 0.839. The van der Waals surface area contributed by atoms with Crippen molar-refractivity contribution in [1.29, 1.82) is 0 Å². The predicted octanol–water partition coefficient (Wildman–Crippen LogP) is 3.55. The van der Waals surface area contributed by atoms with E-state index in [2.05, 4.69) is 32.6 Å². The van der Waals surface area contributed by atoms with Crippen LogP contribution >= 0.6 is 0 Å². The van der Waals surface area contributed by atoms with Gasteiger partial charge in [-0.05, 0) is 18.9 Å². The standard InChI is InChI=1S/C17H24O2/c1-12(2)14-10-15(17(3,4)16(14)18)19-11-13-8-6-5-7-9-13/h5-9,14-16,18H,1,10-11H2,2-4H3/t14-,15-,16+/m0/s1. The molecular weight excluding hydrogens is 236 g/mol. The van der Waals surface area contributed by atoms with Crippen molar-refractivity contribution in [1.82, 2.24) is 0 Å². The molecule has 0 aromatic heterocycles. The molecule has 2 rings (SSSR count). The Bertz CT molecular complexity index is 436. The van der Waals surface area contributed by atoms with E-state index in [9.17, 15) is 5.11 Å². The Labute approximate surface area is 116 Å². The Kier molecular flexibility index (Phi) is 4.12. The summed E-state index contributed by atoms with van der Waals surface area (Å²) >= 11 is 0. The fourth-order valence-electron chi connectivity index (χ4n) is 2.90. The summed E-state index contributed by atoms with van der Waals surface area (Å²) < 4.78 is 6.05. The molecule has 3 atom stereocenters. The summed E-state index contributed by atoms with van der Waals surface area (Å²) in [5, 5.41) is 10.4. The lowest BCUT2D eigenvalue weighted by Crippen LogP contribution is -2.35. The van der Waals surface area contributed by atoms with E-state index in [-0.39, 0.29) is 23.5 Å². The summed E-state index contributed by atoms with van der Waals surface area (Å²) in [5.74, 6) is 0.149. The summed E-state index contributed by atoms with van der Waals surface area (Å²) in [5.41, 5.74) is 2.00. The molecule has 0 spiro atoms. The summed E-state index contributed by atoms with van der Waals surface area (Å²) in [4.78, 5) is 0. The van der Waals surface area contributed by atoms with E-state index in [4.69, 9.17) is 4.74 Å². The Balaban J connectivity index is 2.02. The first-order chi connectivity index (χ1) is 8.93. The Morgan fingerprint density at radius 3 is 2.53 bits per heavy atom. The van der Waals surface area contributed by atoms with Crippen LogP contribution in [0.25, 0.3) is 0 Å². The van der Waals surface area contributed by atoms with Crippen molar-refractivity contribution in [2.75, 3.05) is 0 Å². The molecule has 1 N–H and O–H groups in total. The molecule has 1 aliphatic carbocycles. The van der Waals surface area contributed by atoms with Crippen LogP contribution in [0.5, 0.6) is 0 Å². The van der Waals surface area contributed by atoms with Crippen LogP contribution in [0.4, 0.5) is 0 Å². The molecule has 1 saturated carbocycles. The van der Waals surface area contributed by atoms with Crippen LogP contribution < -0.4 is 0 Å². The third-order valence-corrected chi connectivity index (χ3v) is 4.37. The smallest absolute Gasteiger partial charge is 0.0720 e. The van der Waals surface area contributed by atoms with Crippen molar-refractivity contribution < 1.29 is 9.84 Å². The second-order valence-corrected chi connectivity index (χ2v) is 6.24. The highest BCUT2D eigenvalue weighted by Gasteiger charge is 2.49. The normalized spacial score (nSPS) is 29.4. The molecule has 0 unspecified atom stereocenters. The zero-order valence-corrected chi connectivity index (χ0v) is 12.1. The molecule has 2 heteroatoms. The van der Waals surface area contributed by atoms with E-state index < -0.39 is 0 Å². The second kappa shape index (κ2) is 5.48. The van der Waals surface area contributed by atoms with Crippen molar-refractivity contribution >= 4 is 0 Å². The highest BCUT2D eigenvalue weighted by atomic mass is 16.5. The van der Waals surface area contributed by atoms with E-state index in [1.165, 1.54) is 5.56 Å². The fourth-order valence-corrected chi connectivity index (χ4v) is 2.90. The van der Waals surface area contributed by atoms with E-state index in [0.717, 1.165) is 12.0 Å². The number of hydrogen-bond donors (Lipinski definition) is 1. The fraction of sp³-hybridized carbons (Fsp3) is 0.529. The van der Waals surface area contributed by atoms with E-state index >= 15 is 0 Å². The van der Waals surface area contributed by atoms with E-state index in [1.807, 2.05) is 25.1 Å². The minimum atomic E-state index is -0.370. The van der Waals surface area contributed by atoms with Crippen LogP contribution in [-0.4, -0.2) is 17.3 Å².